The van der Waals surface area contributed by atoms with Gasteiger partial charge in [0.1, 0.15) is 0 Å². The van der Waals surface area contributed by atoms with Crippen LogP contribution in [0.1, 0.15) is 37.7 Å². The maximum Gasteiger partial charge on any atom is 0.321 e. The largest absolute Gasteiger partial charge is 0.481 e. The SMILES string of the molecule is CC1(CNC(=O)N2CCC(C(=O)O)c3ccccc32)CC1. The van der Waals surface area contributed by atoms with Gasteiger partial charge in [-0.1, -0.05) is 25.1 Å². The van der Waals surface area contributed by atoms with E-state index in [1.165, 1.54) is 0 Å². The first-order valence-corrected chi connectivity index (χ1v) is 7.37. The highest BCUT2D eigenvalue weighted by Crippen LogP contribution is 2.44. The highest BCUT2D eigenvalue weighted by molar-refractivity contribution is 5.95. The van der Waals surface area contributed by atoms with E-state index in [9.17, 15) is 14.7 Å². The first-order chi connectivity index (χ1) is 10.0. The molecule has 5 nitrogen and oxygen atoms in total. The molecule has 112 valence electrons. The van der Waals surface area contributed by atoms with Crippen molar-refractivity contribution in [3.63, 3.8) is 0 Å². The summed E-state index contributed by atoms with van der Waals surface area (Å²) >= 11 is 0. The number of para-hydroxylation sites is 1. The van der Waals surface area contributed by atoms with Gasteiger partial charge >= 0.3 is 12.0 Å². The Kier molecular flexibility index (Phi) is 3.35. The molecule has 1 aromatic carbocycles. The van der Waals surface area contributed by atoms with Gasteiger partial charge in [-0.15, -0.1) is 0 Å². The van der Waals surface area contributed by atoms with E-state index in [1.54, 1.807) is 11.0 Å². The predicted molar refractivity (Wildman–Crippen MR) is 79.5 cm³/mol. The number of carboxylic acid groups (broad SMARTS) is 1. The molecule has 0 spiro atoms. The molecule has 1 aliphatic heterocycles. The number of fused-ring (bicyclic) bond motifs is 1. The van der Waals surface area contributed by atoms with Crippen molar-refractivity contribution in [2.45, 2.75) is 32.1 Å². The quantitative estimate of drug-likeness (QED) is 0.898. The van der Waals surface area contributed by atoms with Gasteiger partial charge in [0, 0.05) is 18.8 Å². The van der Waals surface area contributed by atoms with Crippen LogP contribution in [-0.4, -0.2) is 30.2 Å². The molecule has 3 rings (SSSR count). The average Bonchev–Trinajstić information content (AvgIpc) is 3.21. The molecule has 1 unspecified atom stereocenters. The minimum Gasteiger partial charge on any atom is -0.481 e. The summed E-state index contributed by atoms with van der Waals surface area (Å²) < 4.78 is 0. The van der Waals surface area contributed by atoms with Crippen LogP contribution in [0.2, 0.25) is 0 Å². The van der Waals surface area contributed by atoms with Gasteiger partial charge in [0.2, 0.25) is 0 Å². The number of anilines is 1. The third-order valence-corrected chi connectivity index (χ3v) is 4.56. The number of rotatable bonds is 3. The van der Waals surface area contributed by atoms with Crippen LogP contribution in [0.5, 0.6) is 0 Å². The number of benzene rings is 1. The molecule has 2 aliphatic rings. The molecule has 1 saturated carbocycles. The smallest absolute Gasteiger partial charge is 0.321 e. The summed E-state index contributed by atoms with van der Waals surface area (Å²) in [5, 5.41) is 12.3. The highest BCUT2D eigenvalue weighted by atomic mass is 16.4. The van der Waals surface area contributed by atoms with Gasteiger partial charge in [-0.2, -0.15) is 0 Å². The molecule has 2 N–H and O–H groups in total. The lowest BCUT2D eigenvalue weighted by Crippen LogP contribution is -2.45. The Morgan fingerprint density at radius 2 is 2.10 bits per heavy atom. The van der Waals surface area contributed by atoms with Gasteiger partial charge in [-0.3, -0.25) is 9.69 Å². The Morgan fingerprint density at radius 3 is 2.76 bits per heavy atom. The highest BCUT2D eigenvalue weighted by Gasteiger charge is 2.38. The van der Waals surface area contributed by atoms with Crippen LogP contribution >= 0.6 is 0 Å². The Hall–Kier alpha value is -2.04. The molecular weight excluding hydrogens is 268 g/mol. The third-order valence-electron chi connectivity index (χ3n) is 4.56. The fourth-order valence-electron chi connectivity index (χ4n) is 2.80. The third kappa shape index (κ3) is 2.73. The second-order valence-corrected chi connectivity index (χ2v) is 6.36. The van der Waals surface area contributed by atoms with Gasteiger partial charge in [-0.05, 0) is 36.3 Å². The van der Waals surface area contributed by atoms with E-state index in [4.69, 9.17) is 0 Å². The van der Waals surface area contributed by atoms with Crippen molar-refractivity contribution >= 4 is 17.7 Å². The van der Waals surface area contributed by atoms with Crippen LogP contribution in [0.15, 0.2) is 24.3 Å². The van der Waals surface area contributed by atoms with Crippen LogP contribution in [0.25, 0.3) is 0 Å². The number of hydrogen-bond donors (Lipinski definition) is 2. The number of hydrogen-bond acceptors (Lipinski definition) is 2. The van der Waals surface area contributed by atoms with Crippen molar-refractivity contribution in [1.29, 1.82) is 0 Å². The summed E-state index contributed by atoms with van der Waals surface area (Å²) in [5.74, 6) is -1.35. The van der Waals surface area contributed by atoms with E-state index in [0.717, 1.165) is 24.1 Å². The number of carboxylic acids is 1. The fraction of sp³-hybridized carbons (Fsp3) is 0.500. The van der Waals surface area contributed by atoms with Crippen molar-refractivity contribution in [3.05, 3.63) is 29.8 Å². The van der Waals surface area contributed by atoms with E-state index in [-0.39, 0.29) is 11.4 Å². The molecule has 1 aromatic rings. The molecule has 0 aromatic heterocycles. The number of carbonyl (C=O) groups is 2. The normalized spacial score (nSPS) is 22.3. The Morgan fingerprint density at radius 1 is 1.38 bits per heavy atom. The number of nitrogens with one attached hydrogen (secondary N) is 1. The van der Waals surface area contributed by atoms with Gasteiger partial charge in [-0.25, -0.2) is 4.79 Å². The fourth-order valence-corrected chi connectivity index (χ4v) is 2.80. The van der Waals surface area contributed by atoms with Crippen molar-refractivity contribution in [2.75, 3.05) is 18.0 Å². The number of urea groups is 1. The molecule has 0 radical (unpaired) electrons. The maximum absolute atomic E-state index is 12.4. The molecule has 0 bridgehead atoms. The molecule has 1 heterocycles. The lowest BCUT2D eigenvalue weighted by molar-refractivity contribution is -0.139. The molecule has 5 heteroatoms. The lowest BCUT2D eigenvalue weighted by atomic mass is 9.90. The minimum absolute atomic E-state index is 0.126. The number of carbonyl (C=O) groups excluding carboxylic acids is 1. The Labute approximate surface area is 123 Å². The van der Waals surface area contributed by atoms with Gasteiger partial charge in [0.15, 0.2) is 0 Å². The number of aliphatic carboxylic acids is 1. The van der Waals surface area contributed by atoms with Gasteiger partial charge in [0.25, 0.3) is 0 Å². The number of nitrogens with zero attached hydrogens (tertiary/aromatic N) is 1. The summed E-state index contributed by atoms with van der Waals surface area (Å²) in [4.78, 5) is 25.4. The lowest BCUT2D eigenvalue weighted by Gasteiger charge is -2.33. The molecule has 2 amide bonds. The van der Waals surface area contributed by atoms with E-state index >= 15 is 0 Å². The Bertz CT molecular complexity index is 581. The van der Waals surface area contributed by atoms with Crippen molar-refractivity contribution in [1.82, 2.24) is 5.32 Å². The zero-order valence-electron chi connectivity index (χ0n) is 12.1. The molecule has 0 saturated heterocycles. The van der Waals surface area contributed by atoms with E-state index in [0.29, 0.717) is 19.5 Å². The van der Waals surface area contributed by atoms with E-state index in [1.807, 2.05) is 18.2 Å². The summed E-state index contributed by atoms with van der Waals surface area (Å²) in [5.41, 5.74) is 1.70. The molecule has 21 heavy (non-hydrogen) atoms. The van der Waals surface area contributed by atoms with Crippen molar-refractivity contribution in [2.24, 2.45) is 5.41 Å². The zero-order chi connectivity index (χ0) is 15.0. The van der Waals surface area contributed by atoms with Crippen LogP contribution < -0.4 is 10.2 Å². The molecular formula is C16H20N2O3. The van der Waals surface area contributed by atoms with Crippen LogP contribution in [0.4, 0.5) is 10.5 Å². The molecule has 1 fully saturated rings. The summed E-state index contributed by atoms with van der Waals surface area (Å²) in [6, 6.07) is 7.16. The summed E-state index contributed by atoms with van der Waals surface area (Å²) in [6.07, 6.45) is 2.77. The first kappa shape index (κ1) is 13.9. The number of amides is 2. The first-order valence-electron chi connectivity index (χ1n) is 7.37. The Balaban J connectivity index is 1.78. The monoisotopic (exact) mass is 288 g/mol. The van der Waals surface area contributed by atoms with E-state index in [2.05, 4.69) is 12.2 Å². The summed E-state index contributed by atoms with van der Waals surface area (Å²) in [6.45, 7) is 3.29. The van der Waals surface area contributed by atoms with Crippen molar-refractivity contribution in [3.8, 4) is 0 Å². The van der Waals surface area contributed by atoms with Crippen molar-refractivity contribution < 1.29 is 14.7 Å². The van der Waals surface area contributed by atoms with E-state index < -0.39 is 11.9 Å². The predicted octanol–water partition coefficient (Wildman–Crippen LogP) is 2.57. The topological polar surface area (TPSA) is 69.6 Å². The van der Waals surface area contributed by atoms with Crippen LogP contribution in [0.3, 0.4) is 0 Å². The zero-order valence-corrected chi connectivity index (χ0v) is 12.1. The second kappa shape index (κ2) is 5.06. The molecule has 1 atom stereocenters. The maximum atomic E-state index is 12.4. The van der Waals surface area contributed by atoms with Crippen LogP contribution in [0, 0.1) is 5.41 Å². The van der Waals surface area contributed by atoms with Gasteiger partial charge in [0.05, 0.1) is 5.92 Å². The van der Waals surface area contributed by atoms with Crippen LogP contribution in [-0.2, 0) is 4.79 Å². The van der Waals surface area contributed by atoms with Gasteiger partial charge < -0.3 is 10.4 Å². The second-order valence-electron chi connectivity index (χ2n) is 6.36. The standard InChI is InChI=1S/C16H20N2O3/c1-16(7-8-16)10-17-15(21)18-9-6-12(14(19)20)11-4-2-3-5-13(11)18/h2-5,12H,6-10H2,1H3,(H,17,21)(H,19,20). The molecule has 1 aliphatic carbocycles. The minimum atomic E-state index is -0.826. The average molecular weight is 288 g/mol. The summed E-state index contributed by atoms with van der Waals surface area (Å²) in [7, 11) is 0.